The van der Waals surface area contributed by atoms with Crippen LogP contribution in [-0.4, -0.2) is 9.97 Å². The zero-order chi connectivity index (χ0) is 15.0. The molecule has 108 valence electrons. The first-order valence-electron chi connectivity index (χ1n) is 5.94. The van der Waals surface area contributed by atoms with E-state index in [4.69, 9.17) is 22.2 Å². The van der Waals surface area contributed by atoms with Gasteiger partial charge in [0, 0.05) is 10.9 Å². The number of nitrogens with one attached hydrogen (secondary N) is 1. The Morgan fingerprint density at radius 2 is 2.14 bits per heavy atom. The minimum atomic E-state index is -0.507. The lowest BCUT2D eigenvalue weighted by molar-refractivity contribution is 0.467. The number of ether oxygens (including phenoxy) is 1. The van der Waals surface area contributed by atoms with Gasteiger partial charge in [0.25, 0.3) is 0 Å². The number of thiophene rings is 1. The average Bonchev–Trinajstić information content (AvgIpc) is 2.83. The lowest BCUT2D eigenvalue weighted by atomic mass is 10.3. The number of aromatic nitrogens is 2. The summed E-state index contributed by atoms with van der Waals surface area (Å²) in [6.07, 6.45) is 0. The highest BCUT2D eigenvalue weighted by Crippen LogP contribution is 2.34. The smallest absolute Gasteiger partial charge is 0.241 e. The van der Waals surface area contributed by atoms with Gasteiger partial charge < -0.3 is 4.74 Å². The second-order valence-corrected chi connectivity index (χ2v) is 5.89. The topological polar surface area (TPSA) is 73.1 Å². The fraction of sp³-hybridized carbons (Fsp3) is 0.0769. The van der Waals surface area contributed by atoms with Gasteiger partial charge in [-0.1, -0.05) is 11.6 Å². The second kappa shape index (κ2) is 5.44. The predicted octanol–water partition coefficient (Wildman–Crippen LogP) is 3.87. The standard InChI is InChI=1S/C13H10ClFN4OS/c1-6-4-8-11(17-13(19-16)18-12(8)21-6)20-7-2-3-10(15)9(14)5-7/h2-5H,16H2,1H3,(H,17,18,19). The van der Waals surface area contributed by atoms with Gasteiger partial charge in [-0.25, -0.2) is 15.2 Å². The largest absolute Gasteiger partial charge is 0.438 e. The normalized spacial score (nSPS) is 10.9. The van der Waals surface area contributed by atoms with Crippen LogP contribution in [0.15, 0.2) is 24.3 Å². The Morgan fingerprint density at radius 1 is 1.33 bits per heavy atom. The summed E-state index contributed by atoms with van der Waals surface area (Å²) in [5.74, 6) is 5.81. The van der Waals surface area contributed by atoms with Crippen LogP contribution < -0.4 is 16.0 Å². The van der Waals surface area contributed by atoms with Crippen molar-refractivity contribution in [3.8, 4) is 11.6 Å². The Morgan fingerprint density at radius 3 is 2.86 bits per heavy atom. The molecule has 3 N–H and O–H groups in total. The van der Waals surface area contributed by atoms with Crippen molar-refractivity contribution < 1.29 is 9.13 Å². The summed E-state index contributed by atoms with van der Waals surface area (Å²) in [6, 6.07) is 6.02. The molecule has 0 fully saturated rings. The summed E-state index contributed by atoms with van der Waals surface area (Å²) in [7, 11) is 0. The van der Waals surface area contributed by atoms with Crippen LogP contribution in [0.5, 0.6) is 11.6 Å². The van der Waals surface area contributed by atoms with Gasteiger partial charge in [0.05, 0.1) is 10.4 Å². The van der Waals surface area contributed by atoms with Crippen LogP contribution in [-0.2, 0) is 0 Å². The van der Waals surface area contributed by atoms with Crippen molar-refractivity contribution >= 4 is 39.1 Å². The number of rotatable bonds is 3. The third-order valence-electron chi connectivity index (χ3n) is 2.72. The SMILES string of the molecule is Cc1cc2c(Oc3ccc(F)c(Cl)c3)nc(NN)nc2s1. The minimum absolute atomic E-state index is 0.0172. The number of hydrazine groups is 1. The van der Waals surface area contributed by atoms with Crippen LogP contribution in [0.2, 0.25) is 5.02 Å². The zero-order valence-corrected chi connectivity index (χ0v) is 12.4. The Balaban J connectivity index is 2.07. The van der Waals surface area contributed by atoms with Gasteiger partial charge in [0.2, 0.25) is 11.8 Å². The Kier molecular flexibility index (Phi) is 3.62. The molecule has 8 heteroatoms. The number of nitrogens with two attached hydrogens (primary N) is 1. The first kappa shape index (κ1) is 14.0. The van der Waals surface area contributed by atoms with Crippen molar-refractivity contribution in [2.24, 2.45) is 5.84 Å². The van der Waals surface area contributed by atoms with Crippen LogP contribution in [0.3, 0.4) is 0 Å². The molecule has 1 aromatic carbocycles. The number of nitrogen functional groups attached to an aromatic ring is 1. The van der Waals surface area contributed by atoms with E-state index in [1.807, 2.05) is 13.0 Å². The van der Waals surface area contributed by atoms with E-state index >= 15 is 0 Å². The molecule has 0 saturated heterocycles. The third kappa shape index (κ3) is 2.76. The van der Waals surface area contributed by atoms with Gasteiger partial charge >= 0.3 is 0 Å². The molecule has 0 unspecified atom stereocenters. The van der Waals surface area contributed by atoms with E-state index in [1.165, 1.54) is 29.5 Å². The number of fused-ring (bicyclic) bond motifs is 1. The molecule has 5 nitrogen and oxygen atoms in total. The number of halogens is 2. The molecule has 0 radical (unpaired) electrons. The highest BCUT2D eigenvalue weighted by Gasteiger charge is 2.13. The number of nitrogens with zero attached hydrogens (tertiary/aromatic N) is 2. The number of hydrogen-bond donors (Lipinski definition) is 2. The Hall–Kier alpha value is -1.96. The van der Waals surface area contributed by atoms with Gasteiger partial charge in [0.1, 0.15) is 16.4 Å². The van der Waals surface area contributed by atoms with Gasteiger partial charge in [-0.2, -0.15) is 4.98 Å². The lowest BCUT2D eigenvalue weighted by Gasteiger charge is -2.08. The maximum Gasteiger partial charge on any atom is 0.241 e. The lowest BCUT2D eigenvalue weighted by Crippen LogP contribution is -2.10. The van der Waals surface area contributed by atoms with E-state index in [0.29, 0.717) is 11.6 Å². The maximum absolute atomic E-state index is 13.2. The number of benzene rings is 1. The molecule has 21 heavy (non-hydrogen) atoms. The molecular formula is C13H10ClFN4OS. The summed E-state index contributed by atoms with van der Waals surface area (Å²) in [5.41, 5.74) is 2.39. The van der Waals surface area contributed by atoms with Gasteiger partial charge in [-0.05, 0) is 25.1 Å². The van der Waals surface area contributed by atoms with Gasteiger partial charge in [-0.3, -0.25) is 5.43 Å². The number of hydrogen-bond acceptors (Lipinski definition) is 6. The molecule has 2 heterocycles. The van der Waals surface area contributed by atoms with Crippen molar-refractivity contribution in [1.29, 1.82) is 0 Å². The van der Waals surface area contributed by atoms with Crippen molar-refractivity contribution in [2.45, 2.75) is 6.92 Å². The number of aryl methyl sites for hydroxylation is 1. The Labute approximate surface area is 128 Å². The molecule has 0 atom stereocenters. The molecule has 2 aromatic heterocycles. The molecule has 3 rings (SSSR count). The van der Waals surface area contributed by atoms with Crippen LogP contribution in [0, 0.1) is 12.7 Å². The molecule has 0 bridgehead atoms. The monoisotopic (exact) mass is 324 g/mol. The van der Waals surface area contributed by atoms with E-state index in [1.54, 1.807) is 0 Å². The maximum atomic E-state index is 13.2. The summed E-state index contributed by atoms with van der Waals surface area (Å²) in [5, 5.41) is 0.744. The molecular weight excluding hydrogens is 315 g/mol. The predicted molar refractivity (Wildman–Crippen MR) is 81.4 cm³/mol. The van der Waals surface area contributed by atoms with E-state index in [2.05, 4.69) is 15.4 Å². The quantitative estimate of drug-likeness (QED) is 0.565. The van der Waals surface area contributed by atoms with E-state index in [9.17, 15) is 4.39 Å². The fourth-order valence-electron chi connectivity index (χ4n) is 1.81. The highest BCUT2D eigenvalue weighted by atomic mass is 35.5. The average molecular weight is 325 g/mol. The molecule has 0 amide bonds. The molecule has 0 aliphatic rings. The third-order valence-corrected chi connectivity index (χ3v) is 3.95. The van der Waals surface area contributed by atoms with Crippen molar-refractivity contribution in [3.05, 3.63) is 40.0 Å². The van der Waals surface area contributed by atoms with Crippen molar-refractivity contribution in [2.75, 3.05) is 5.43 Å². The molecule has 0 saturated carbocycles. The second-order valence-electron chi connectivity index (χ2n) is 4.25. The van der Waals surface area contributed by atoms with Gasteiger partial charge in [0.15, 0.2) is 0 Å². The van der Waals surface area contributed by atoms with E-state index < -0.39 is 5.82 Å². The molecule has 0 aliphatic carbocycles. The van der Waals surface area contributed by atoms with Crippen LogP contribution in [0.4, 0.5) is 10.3 Å². The first-order valence-corrected chi connectivity index (χ1v) is 7.14. The first-order chi connectivity index (χ1) is 10.1. The van der Waals surface area contributed by atoms with E-state index in [0.717, 1.165) is 15.1 Å². The minimum Gasteiger partial charge on any atom is -0.438 e. The fourth-order valence-corrected chi connectivity index (χ4v) is 2.85. The van der Waals surface area contributed by atoms with Crippen molar-refractivity contribution in [3.63, 3.8) is 0 Å². The molecule has 3 aromatic rings. The molecule has 0 spiro atoms. The highest BCUT2D eigenvalue weighted by molar-refractivity contribution is 7.18. The molecule has 0 aliphatic heterocycles. The zero-order valence-electron chi connectivity index (χ0n) is 10.9. The van der Waals surface area contributed by atoms with Crippen molar-refractivity contribution in [1.82, 2.24) is 9.97 Å². The summed E-state index contributed by atoms with van der Waals surface area (Å²) < 4.78 is 18.9. The summed E-state index contributed by atoms with van der Waals surface area (Å²) in [6.45, 7) is 1.96. The Bertz CT molecular complexity index is 823. The van der Waals surface area contributed by atoms with Gasteiger partial charge in [-0.15, -0.1) is 11.3 Å². The van der Waals surface area contributed by atoms with Crippen LogP contribution >= 0.6 is 22.9 Å². The van der Waals surface area contributed by atoms with Crippen LogP contribution in [0.1, 0.15) is 4.88 Å². The number of anilines is 1. The summed E-state index contributed by atoms with van der Waals surface area (Å²) >= 11 is 7.24. The van der Waals surface area contributed by atoms with Crippen LogP contribution in [0.25, 0.3) is 10.2 Å². The summed E-state index contributed by atoms with van der Waals surface area (Å²) in [4.78, 5) is 10.2. The van der Waals surface area contributed by atoms with E-state index in [-0.39, 0.29) is 11.0 Å².